The molecule has 0 aromatic rings. The van der Waals surface area contributed by atoms with E-state index in [2.05, 4.69) is 23.8 Å². The maximum Gasteiger partial charge on any atom is 0.542 e. The van der Waals surface area contributed by atoms with Crippen LogP contribution in [0.3, 0.4) is 0 Å². The Hall–Kier alpha value is -0.810. The molecule has 132 valence electrons. The van der Waals surface area contributed by atoms with Gasteiger partial charge < -0.3 is 4.74 Å². The van der Waals surface area contributed by atoms with E-state index in [1.807, 2.05) is 20.8 Å². The second-order valence-corrected chi connectivity index (χ2v) is 6.48. The summed E-state index contributed by atoms with van der Waals surface area (Å²) in [5, 5.41) is 4.56. The Balaban J connectivity index is 3.70. The van der Waals surface area contributed by atoms with Gasteiger partial charge >= 0.3 is 6.16 Å². The van der Waals surface area contributed by atoms with Crippen LogP contribution in [0.2, 0.25) is 0 Å². The van der Waals surface area contributed by atoms with E-state index >= 15 is 0 Å². The fraction of sp³-hybridized carbons (Fsp3) is 0.941. The molecule has 0 N–H and O–H groups in total. The lowest BCUT2D eigenvalue weighted by Crippen LogP contribution is -2.26. The van der Waals surface area contributed by atoms with Crippen LogP contribution in [0.15, 0.2) is 0 Å². The minimum atomic E-state index is -0.854. The Morgan fingerprint density at radius 2 is 1.64 bits per heavy atom. The van der Waals surface area contributed by atoms with E-state index in [-0.39, 0.29) is 6.10 Å². The first kappa shape index (κ1) is 21.2. The molecule has 0 aliphatic heterocycles. The Morgan fingerprint density at radius 3 is 2.27 bits per heavy atom. The number of carbonyl (C=O) groups is 1. The van der Waals surface area contributed by atoms with Crippen molar-refractivity contribution in [2.24, 2.45) is 0 Å². The summed E-state index contributed by atoms with van der Waals surface area (Å²) in [5.41, 5.74) is -0.485. The van der Waals surface area contributed by atoms with Gasteiger partial charge in [0.15, 0.2) is 0 Å². The fourth-order valence-corrected chi connectivity index (χ4v) is 2.08. The molecule has 0 saturated carbocycles. The van der Waals surface area contributed by atoms with E-state index in [0.29, 0.717) is 0 Å². The quantitative estimate of drug-likeness (QED) is 0.188. The van der Waals surface area contributed by atoms with Crippen LogP contribution in [0.1, 0.15) is 92.4 Å². The minimum absolute atomic E-state index is 0.175. The summed E-state index contributed by atoms with van der Waals surface area (Å²) in [6.07, 6.45) is 8.59. The highest BCUT2D eigenvalue weighted by atomic mass is 17.5. The number of hydrogen-bond donors (Lipinski definition) is 0. The number of carbonyl (C=O) groups excluding carboxylic acids is 1. The summed E-state index contributed by atoms with van der Waals surface area (Å²) in [7, 11) is 0. The van der Waals surface area contributed by atoms with Crippen molar-refractivity contribution >= 4 is 6.16 Å². The highest BCUT2D eigenvalue weighted by Gasteiger charge is 2.21. The molecule has 0 aromatic carbocycles. The van der Waals surface area contributed by atoms with E-state index in [4.69, 9.17) is 9.62 Å². The lowest BCUT2D eigenvalue weighted by atomic mass is 10.0. The van der Waals surface area contributed by atoms with Crippen molar-refractivity contribution in [3.63, 3.8) is 0 Å². The smallest absolute Gasteiger partial charge is 0.429 e. The summed E-state index contributed by atoms with van der Waals surface area (Å²) in [5.74, 6) is 0. The monoisotopic (exact) mass is 318 g/mol. The fourth-order valence-electron chi connectivity index (χ4n) is 2.08. The van der Waals surface area contributed by atoms with Gasteiger partial charge in [-0.25, -0.2) is 9.68 Å². The first-order valence-electron chi connectivity index (χ1n) is 8.64. The second-order valence-electron chi connectivity index (χ2n) is 6.48. The Morgan fingerprint density at radius 1 is 1.00 bits per heavy atom. The maximum absolute atomic E-state index is 11.4. The molecule has 22 heavy (non-hydrogen) atoms. The summed E-state index contributed by atoms with van der Waals surface area (Å²) in [4.78, 5) is 21.1. The van der Waals surface area contributed by atoms with Gasteiger partial charge in [-0.1, -0.05) is 52.4 Å². The standard InChI is InChI=1S/C17H34O5/c1-6-8-10-11-13-15(3)19-16(18)20-22-21-17(4,5)14-12-9-7-2/h15H,6-14H2,1-5H3. The summed E-state index contributed by atoms with van der Waals surface area (Å²) in [6.45, 7) is 9.95. The highest BCUT2D eigenvalue weighted by Crippen LogP contribution is 2.19. The number of rotatable bonds is 13. The first-order valence-corrected chi connectivity index (χ1v) is 8.64. The molecule has 0 amide bonds. The topological polar surface area (TPSA) is 54.0 Å². The Labute approximate surface area is 135 Å². The maximum atomic E-state index is 11.4. The molecular formula is C17H34O5. The molecule has 0 radical (unpaired) electrons. The molecular weight excluding hydrogens is 284 g/mol. The molecule has 0 aromatic heterocycles. The molecule has 0 aliphatic rings. The van der Waals surface area contributed by atoms with Gasteiger partial charge in [-0.15, -0.1) is 0 Å². The van der Waals surface area contributed by atoms with Gasteiger partial charge in [-0.3, -0.25) is 0 Å². The predicted molar refractivity (Wildman–Crippen MR) is 86.2 cm³/mol. The molecule has 0 heterocycles. The normalized spacial score (nSPS) is 13.0. The van der Waals surface area contributed by atoms with Crippen molar-refractivity contribution in [3.8, 4) is 0 Å². The third-order valence-corrected chi connectivity index (χ3v) is 3.51. The second kappa shape index (κ2) is 12.7. The SMILES string of the molecule is CCCCCCC(C)OC(=O)OOOC(C)(C)CCCCC. The van der Waals surface area contributed by atoms with Crippen molar-refractivity contribution in [2.75, 3.05) is 0 Å². The first-order chi connectivity index (χ1) is 10.4. The summed E-state index contributed by atoms with van der Waals surface area (Å²) in [6, 6.07) is 0. The molecule has 1 unspecified atom stereocenters. The molecule has 1 atom stereocenters. The average molecular weight is 318 g/mol. The van der Waals surface area contributed by atoms with Crippen LogP contribution in [0, 0.1) is 0 Å². The number of hydrogen-bond acceptors (Lipinski definition) is 5. The van der Waals surface area contributed by atoms with Crippen LogP contribution < -0.4 is 0 Å². The van der Waals surface area contributed by atoms with E-state index < -0.39 is 11.8 Å². The molecule has 0 aliphatic carbocycles. The van der Waals surface area contributed by atoms with Crippen LogP contribution in [0.5, 0.6) is 0 Å². The van der Waals surface area contributed by atoms with Crippen molar-refractivity contribution in [1.82, 2.24) is 0 Å². The zero-order valence-electron chi connectivity index (χ0n) is 15.0. The zero-order valence-corrected chi connectivity index (χ0v) is 15.0. The molecule has 0 spiro atoms. The predicted octanol–water partition coefficient (Wildman–Crippen LogP) is 5.72. The van der Waals surface area contributed by atoms with Crippen LogP contribution >= 0.6 is 0 Å². The van der Waals surface area contributed by atoms with Gasteiger partial charge in [0.2, 0.25) is 0 Å². The lowest BCUT2D eigenvalue weighted by molar-refractivity contribution is -0.517. The van der Waals surface area contributed by atoms with Crippen LogP contribution in [-0.2, 0) is 19.6 Å². The van der Waals surface area contributed by atoms with Crippen molar-refractivity contribution in [1.29, 1.82) is 0 Å². The van der Waals surface area contributed by atoms with Gasteiger partial charge in [-0.2, -0.15) is 4.89 Å². The van der Waals surface area contributed by atoms with Crippen LogP contribution in [0.4, 0.5) is 4.79 Å². The van der Waals surface area contributed by atoms with Crippen LogP contribution in [0.25, 0.3) is 0 Å². The van der Waals surface area contributed by atoms with Crippen molar-refractivity contribution in [3.05, 3.63) is 0 Å². The molecule has 5 nitrogen and oxygen atoms in total. The van der Waals surface area contributed by atoms with Gasteiger partial charge in [0.25, 0.3) is 0 Å². The average Bonchev–Trinajstić information content (AvgIpc) is 2.43. The number of unbranched alkanes of at least 4 members (excludes halogenated alkanes) is 5. The molecule has 5 heteroatoms. The third-order valence-electron chi connectivity index (χ3n) is 3.51. The van der Waals surface area contributed by atoms with Crippen molar-refractivity contribution < 1.29 is 24.3 Å². The Bertz CT molecular complexity index is 278. The van der Waals surface area contributed by atoms with E-state index in [9.17, 15) is 4.79 Å². The molecule has 0 bridgehead atoms. The summed E-state index contributed by atoms with van der Waals surface area (Å²) >= 11 is 0. The van der Waals surface area contributed by atoms with Gasteiger partial charge in [0, 0.05) is 0 Å². The third kappa shape index (κ3) is 12.9. The van der Waals surface area contributed by atoms with Crippen molar-refractivity contribution in [2.45, 2.75) is 104 Å². The number of ether oxygens (including phenoxy) is 1. The largest absolute Gasteiger partial charge is 0.542 e. The molecule has 0 fully saturated rings. The van der Waals surface area contributed by atoms with E-state index in [1.54, 1.807) is 0 Å². The van der Waals surface area contributed by atoms with E-state index in [0.717, 1.165) is 44.9 Å². The lowest BCUT2D eigenvalue weighted by Gasteiger charge is -2.21. The Kier molecular flexibility index (Phi) is 12.2. The zero-order chi connectivity index (χ0) is 16.8. The van der Waals surface area contributed by atoms with Gasteiger partial charge in [0.1, 0.15) is 11.7 Å². The molecule has 0 saturated heterocycles. The molecule has 0 rings (SSSR count). The van der Waals surface area contributed by atoms with Gasteiger partial charge in [-0.05, 0) is 45.1 Å². The highest BCUT2D eigenvalue weighted by molar-refractivity contribution is 5.59. The van der Waals surface area contributed by atoms with E-state index in [1.165, 1.54) is 12.8 Å². The summed E-state index contributed by atoms with van der Waals surface area (Å²) < 4.78 is 5.08. The minimum Gasteiger partial charge on any atom is -0.429 e. The van der Waals surface area contributed by atoms with Gasteiger partial charge in [0.05, 0.1) is 0 Å². The van der Waals surface area contributed by atoms with Crippen LogP contribution in [-0.4, -0.2) is 17.9 Å².